The maximum atomic E-state index is 12.0. The lowest BCUT2D eigenvalue weighted by molar-refractivity contribution is -0.116. The van der Waals surface area contributed by atoms with Gasteiger partial charge in [0.05, 0.1) is 4.83 Å². The van der Waals surface area contributed by atoms with Crippen molar-refractivity contribution in [2.24, 2.45) is 5.92 Å². The highest BCUT2D eigenvalue weighted by molar-refractivity contribution is 9.10. The molecular weight excluding hydrogens is 314 g/mol. The van der Waals surface area contributed by atoms with Gasteiger partial charge in [0.2, 0.25) is 5.91 Å². The van der Waals surface area contributed by atoms with Crippen LogP contribution in [0.25, 0.3) is 11.1 Å². The zero-order valence-electron chi connectivity index (χ0n) is 11.6. The van der Waals surface area contributed by atoms with E-state index in [4.69, 9.17) is 0 Å². The Morgan fingerprint density at radius 2 is 1.50 bits per heavy atom. The van der Waals surface area contributed by atoms with E-state index in [-0.39, 0.29) is 16.7 Å². The quantitative estimate of drug-likeness (QED) is 0.807. The fourth-order valence-electron chi connectivity index (χ4n) is 1.89. The van der Waals surface area contributed by atoms with E-state index < -0.39 is 0 Å². The number of benzene rings is 2. The third-order valence-electron chi connectivity index (χ3n) is 3.10. The van der Waals surface area contributed by atoms with Crippen LogP contribution in [0.3, 0.4) is 0 Å². The molecule has 1 atom stereocenters. The number of carbonyl (C=O) groups is 1. The molecule has 0 saturated heterocycles. The number of carbonyl (C=O) groups excluding carboxylic acids is 1. The van der Waals surface area contributed by atoms with Crippen LogP contribution >= 0.6 is 15.9 Å². The number of halogens is 1. The number of hydrogen-bond acceptors (Lipinski definition) is 1. The molecule has 0 saturated carbocycles. The maximum Gasteiger partial charge on any atom is 0.238 e. The van der Waals surface area contributed by atoms with Gasteiger partial charge in [-0.05, 0) is 29.2 Å². The van der Waals surface area contributed by atoms with Gasteiger partial charge < -0.3 is 5.32 Å². The van der Waals surface area contributed by atoms with Gasteiger partial charge in [0.1, 0.15) is 0 Å². The van der Waals surface area contributed by atoms with Gasteiger partial charge in [-0.1, -0.05) is 72.2 Å². The van der Waals surface area contributed by atoms with E-state index in [1.165, 1.54) is 5.56 Å². The van der Waals surface area contributed by atoms with E-state index in [2.05, 4.69) is 33.4 Å². The average Bonchev–Trinajstić information content (AvgIpc) is 2.48. The van der Waals surface area contributed by atoms with Crippen LogP contribution in [-0.4, -0.2) is 10.7 Å². The number of alkyl halides is 1. The van der Waals surface area contributed by atoms with Crippen molar-refractivity contribution in [2.75, 3.05) is 5.32 Å². The Hall–Kier alpha value is -1.61. The van der Waals surface area contributed by atoms with E-state index >= 15 is 0 Å². The minimum absolute atomic E-state index is 0.00698. The van der Waals surface area contributed by atoms with Gasteiger partial charge in [-0.25, -0.2) is 0 Å². The standard InChI is InChI=1S/C17H18BrNO/c1-12(2)16(18)17(20)19-15-10-8-14(9-11-15)13-6-4-3-5-7-13/h3-12,16H,1-2H3,(H,19,20). The molecule has 0 aromatic heterocycles. The molecule has 0 aliphatic rings. The summed E-state index contributed by atoms with van der Waals surface area (Å²) in [4.78, 5) is 11.8. The summed E-state index contributed by atoms with van der Waals surface area (Å²) in [7, 11) is 0. The van der Waals surface area contributed by atoms with Gasteiger partial charge in [-0.15, -0.1) is 0 Å². The summed E-state index contributed by atoms with van der Waals surface area (Å²) < 4.78 is 0. The summed E-state index contributed by atoms with van der Waals surface area (Å²) in [6, 6.07) is 18.1. The monoisotopic (exact) mass is 331 g/mol. The second kappa shape index (κ2) is 6.71. The lowest BCUT2D eigenvalue weighted by Gasteiger charge is -2.14. The van der Waals surface area contributed by atoms with E-state index in [0.29, 0.717) is 0 Å². The topological polar surface area (TPSA) is 29.1 Å². The van der Waals surface area contributed by atoms with Crippen molar-refractivity contribution in [2.45, 2.75) is 18.7 Å². The summed E-state index contributed by atoms with van der Waals surface area (Å²) in [6.45, 7) is 4.02. The maximum absolute atomic E-state index is 12.0. The molecule has 1 N–H and O–H groups in total. The van der Waals surface area contributed by atoms with Gasteiger partial charge >= 0.3 is 0 Å². The van der Waals surface area contributed by atoms with Crippen LogP contribution in [0.1, 0.15) is 13.8 Å². The molecule has 0 radical (unpaired) electrons. The van der Waals surface area contributed by atoms with E-state index in [0.717, 1.165) is 11.3 Å². The molecule has 2 rings (SSSR count). The van der Waals surface area contributed by atoms with Crippen LogP contribution in [0.4, 0.5) is 5.69 Å². The Labute approximate surface area is 128 Å². The van der Waals surface area contributed by atoms with Gasteiger partial charge in [-0.3, -0.25) is 4.79 Å². The predicted molar refractivity (Wildman–Crippen MR) is 88.1 cm³/mol. The Morgan fingerprint density at radius 1 is 0.950 bits per heavy atom. The lowest BCUT2D eigenvalue weighted by Crippen LogP contribution is -2.26. The number of amides is 1. The van der Waals surface area contributed by atoms with Crippen LogP contribution in [0.15, 0.2) is 54.6 Å². The van der Waals surface area contributed by atoms with Crippen molar-refractivity contribution in [1.29, 1.82) is 0 Å². The first-order valence-corrected chi connectivity index (χ1v) is 7.60. The highest BCUT2D eigenvalue weighted by Gasteiger charge is 2.18. The van der Waals surface area contributed by atoms with Crippen LogP contribution in [-0.2, 0) is 4.79 Å². The van der Waals surface area contributed by atoms with Gasteiger partial charge in [0, 0.05) is 5.69 Å². The molecule has 2 aromatic carbocycles. The van der Waals surface area contributed by atoms with E-state index in [1.54, 1.807) is 0 Å². The molecule has 3 heteroatoms. The van der Waals surface area contributed by atoms with Crippen molar-refractivity contribution >= 4 is 27.5 Å². The molecule has 1 amide bonds. The zero-order chi connectivity index (χ0) is 14.5. The Morgan fingerprint density at radius 3 is 2.05 bits per heavy atom. The number of rotatable bonds is 4. The third-order valence-corrected chi connectivity index (χ3v) is 4.57. The normalized spacial score (nSPS) is 12.2. The second-order valence-electron chi connectivity index (χ2n) is 5.08. The minimum atomic E-state index is -0.170. The second-order valence-corrected chi connectivity index (χ2v) is 6.06. The molecule has 1 unspecified atom stereocenters. The Balaban J connectivity index is 2.08. The van der Waals surface area contributed by atoms with Crippen LogP contribution in [0, 0.1) is 5.92 Å². The first kappa shape index (κ1) is 14.8. The number of anilines is 1. The predicted octanol–water partition coefficient (Wildman–Crippen LogP) is 4.71. The first-order chi connectivity index (χ1) is 9.58. The molecule has 0 spiro atoms. The molecule has 0 heterocycles. The molecule has 104 valence electrons. The van der Waals surface area contributed by atoms with Gasteiger partial charge in [-0.2, -0.15) is 0 Å². The summed E-state index contributed by atoms with van der Waals surface area (Å²) >= 11 is 3.40. The van der Waals surface area contributed by atoms with E-state index in [1.807, 2.05) is 56.3 Å². The van der Waals surface area contributed by atoms with Crippen molar-refractivity contribution in [1.82, 2.24) is 0 Å². The third kappa shape index (κ3) is 3.70. The highest BCUT2D eigenvalue weighted by Crippen LogP contribution is 2.22. The molecular formula is C17H18BrNO. The fraction of sp³-hybridized carbons (Fsp3) is 0.235. The molecule has 0 aliphatic carbocycles. The molecule has 0 fully saturated rings. The number of nitrogens with one attached hydrogen (secondary N) is 1. The first-order valence-electron chi connectivity index (χ1n) is 6.68. The minimum Gasteiger partial charge on any atom is -0.325 e. The number of hydrogen-bond donors (Lipinski definition) is 1. The molecule has 2 aromatic rings. The zero-order valence-corrected chi connectivity index (χ0v) is 13.2. The SMILES string of the molecule is CC(C)C(Br)C(=O)Nc1ccc(-c2ccccc2)cc1. The molecule has 0 aliphatic heterocycles. The van der Waals surface area contributed by atoms with Gasteiger partial charge in [0.25, 0.3) is 0 Å². The lowest BCUT2D eigenvalue weighted by atomic mass is 10.1. The van der Waals surface area contributed by atoms with Crippen molar-refractivity contribution in [3.63, 3.8) is 0 Å². The van der Waals surface area contributed by atoms with Gasteiger partial charge in [0.15, 0.2) is 0 Å². The van der Waals surface area contributed by atoms with Crippen LogP contribution in [0.2, 0.25) is 0 Å². The average molecular weight is 332 g/mol. The molecule has 2 nitrogen and oxygen atoms in total. The van der Waals surface area contributed by atoms with Crippen molar-refractivity contribution in [3.05, 3.63) is 54.6 Å². The van der Waals surface area contributed by atoms with Crippen molar-refractivity contribution in [3.8, 4) is 11.1 Å². The Kier molecular flexibility index (Phi) is 4.96. The Bertz CT molecular complexity index is 563. The fourth-order valence-corrected chi connectivity index (χ4v) is 2.01. The van der Waals surface area contributed by atoms with Crippen molar-refractivity contribution < 1.29 is 4.79 Å². The summed E-state index contributed by atoms with van der Waals surface area (Å²) in [5.74, 6) is 0.256. The summed E-state index contributed by atoms with van der Waals surface area (Å²) in [5.41, 5.74) is 3.13. The largest absolute Gasteiger partial charge is 0.325 e. The molecule has 20 heavy (non-hydrogen) atoms. The van der Waals surface area contributed by atoms with Crippen LogP contribution in [0.5, 0.6) is 0 Å². The van der Waals surface area contributed by atoms with Crippen LogP contribution < -0.4 is 5.32 Å². The summed E-state index contributed by atoms with van der Waals surface area (Å²) in [5, 5.41) is 2.92. The highest BCUT2D eigenvalue weighted by atomic mass is 79.9. The molecule has 0 bridgehead atoms. The summed E-state index contributed by atoms with van der Waals surface area (Å²) in [6.07, 6.45) is 0. The van der Waals surface area contributed by atoms with E-state index in [9.17, 15) is 4.79 Å². The smallest absolute Gasteiger partial charge is 0.238 e.